The van der Waals surface area contributed by atoms with Crippen molar-refractivity contribution in [3.8, 4) is 0 Å². The molecule has 2 N–H and O–H groups in total. The van der Waals surface area contributed by atoms with Crippen molar-refractivity contribution in [3.05, 3.63) is 35.4 Å². The first-order chi connectivity index (χ1) is 11.0. The highest BCUT2D eigenvalue weighted by Crippen LogP contribution is 2.19. The number of likely N-dealkylation sites (tertiary alicyclic amines) is 1. The van der Waals surface area contributed by atoms with Gasteiger partial charge in [-0.05, 0) is 57.3 Å². The number of benzene rings is 1. The second-order valence-corrected chi connectivity index (χ2v) is 6.29. The Labute approximate surface area is 137 Å². The molecule has 126 valence electrons. The number of amides is 1. The third-order valence-corrected chi connectivity index (χ3v) is 4.76. The molecule has 1 saturated heterocycles. The first kappa shape index (κ1) is 17.5. The molecule has 0 bridgehead atoms. The molecule has 0 spiro atoms. The minimum atomic E-state index is -0.722. The molecule has 2 rings (SSSR count). The van der Waals surface area contributed by atoms with Crippen LogP contribution in [-0.2, 0) is 16.0 Å². The Morgan fingerprint density at radius 3 is 2.57 bits per heavy atom. The van der Waals surface area contributed by atoms with Crippen LogP contribution in [0.3, 0.4) is 0 Å². The van der Waals surface area contributed by atoms with E-state index in [1.807, 2.05) is 19.1 Å². The van der Waals surface area contributed by atoms with E-state index in [-0.39, 0.29) is 17.9 Å². The molecule has 1 aliphatic rings. The standard InChI is InChI=1S/C18H26N2O3/c1-13-5-3-4-6-15(13)7-10-19-17(21)14(2)20-11-8-16(9-12-20)18(22)23/h3-6,14,16H,7-12H2,1-2H3,(H,19,21)(H,22,23). The summed E-state index contributed by atoms with van der Waals surface area (Å²) >= 11 is 0. The fourth-order valence-corrected chi connectivity index (χ4v) is 3.06. The van der Waals surface area contributed by atoms with Gasteiger partial charge in [0.1, 0.15) is 0 Å². The first-order valence-corrected chi connectivity index (χ1v) is 8.28. The normalized spacial score (nSPS) is 17.7. The van der Waals surface area contributed by atoms with Crippen LogP contribution in [0.4, 0.5) is 0 Å². The van der Waals surface area contributed by atoms with Gasteiger partial charge in [-0.3, -0.25) is 14.5 Å². The van der Waals surface area contributed by atoms with E-state index in [2.05, 4.69) is 29.3 Å². The summed E-state index contributed by atoms with van der Waals surface area (Å²) in [6.45, 7) is 5.93. The maximum Gasteiger partial charge on any atom is 0.306 e. The lowest BCUT2D eigenvalue weighted by atomic mass is 9.96. The maximum atomic E-state index is 12.3. The second kappa shape index (κ2) is 8.11. The van der Waals surface area contributed by atoms with Gasteiger partial charge in [-0.25, -0.2) is 0 Å². The van der Waals surface area contributed by atoms with E-state index in [1.165, 1.54) is 11.1 Å². The molecule has 1 fully saturated rings. The van der Waals surface area contributed by atoms with E-state index in [0.717, 1.165) is 6.42 Å². The fraction of sp³-hybridized carbons (Fsp3) is 0.556. The van der Waals surface area contributed by atoms with Crippen LogP contribution >= 0.6 is 0 Å². The Bertz CT molecular complexity index is 551. The van der Waals surface area contributed by atoms with Gasteiger partial charge in [-0.2, -0.15) is 0 Å². The molecule has 1 aromatic carbocycles. The Morgan fingerprint density at radius 1 is 1.30 bits per heavy atom. The summed E-state index contributed by atoms with van der Waals surface area (Å²) in [4.78, 5) is 25.3. The van der Waals surface area contributed by atoms with Gasteiger partial charge in [-0.1, -0.05) is 24.3 Å². The highest BCUT2D eigenvalue weighted by Gasteiger charge is 2.29. The monoisotopic (exact) mass is 318 g/mol. The van der Waals surface area contributed by atoms with Crippen LogP contribution in [0.1, 0.15) is 30.9 Å². The molecule has 0 radical (unpaired) electrons. The van der Waals surface area contributed by atoms with Crippen molar-refractivity contribution in [3.63, 3.8) is 0 Å². The summed E-state index contributed by atoms with van der Waals surface area (Å²) in [5.41, 5.74) is 2.49. The highest BCUT2D eigenvalue weighted by atomic mass is 16.4. The Kier molecular flexibility index (Phi) is 6.16. The summed E-state index contributed by atoms with van der Waals surface area (Å²) in [6, 6.07) is 7.98. The molecule has 5 heteroatoms. The lowest BCUT2D eigenvalue weighted by molar-refractivity contribution is -0.143. The van der Waals surface area contributed by atoms with E-state index < -0.39 is 5.97 Å². The number of hydrogen-bond acceptors (Lipinski definition) is 3. The summed E-state index contributed by atoms with van der Waals surface area (Å²) in [5, 5.41) is 12.0. The predicted molar refractivity (Wildman–Crippen MR) is 89.3 cm³/mol. The van der Waals surface area contributed by atoms with Crippen molar-refractivity contribution < 1.29 is 14.7 Å². The van der Waals surface area contributed by atoms with E-state index in [1.54, 1.807) is 0 Å². The number of carbonyl (C=O) groups is 2. The van der Waals surface area contributed by atoms with Gasteiger partial charge >= 0.3 is 5.97 Å². The van der Waals surface area contributed by atoms with Crippen LogP contribution in [0.25, 0.3) is 0 Å². The minimum absolute atomic E-state index is 0.0207. The van der Waals surface area contributed by atoms with Gasteiger partial charge in [0.05, 0.1) is 12.0 Å². The number of carboxylic acids is 1. The second-order valence-electron chi connectivity index (χ2n) is 6.29. The van der Waals surface area contributed by atoms with Crippen molar-refractivity contribution >= 4 is 11.9 Å². The molecule has 1 atom stereocenters. The highest BCUT2D eigenvalue weighted by molar-refractivity contribution is 5.81. The zero-order valence-corrected chi connectivity index (χ0v) is 13.9. The Balaban J connectivity index is 1.75. The van der Waals surface area contributed by atoms with Gasteiger partial charge < -0.3 is 10.4 Å². The third kappa shape index (κ3) is 4.79. The van der Waals surface area contributed by atoms with Crippen LogP contribution in [0, 0.1) is 12.8 Å². The minimum Gasteiger partial charge on any atom is -0.481 e. The Morgan fingerprint density at radius 2 is 1.96 bits per heavy atom. The SMILES string of the molecule is Cc1ccccc1CCNC(=O)C(C)N1CCC(C(=O)O)CC1. The number of carboxylic acid groups (broad SMARTS) is 1. The van der Waals surface area contributed by atoms with Gasteiger partial charge in [0.2, 0.25) is 5.91 Å². The maximum absolute atomic E-state index is 12.3. The number of carbonyl (C=O) groups excluding carboxylic acids is 1. The quantitative estimate of drug-likeness (QED) is 0.840. The molecular formula is C18H26N2O3. The topological polar surface area (TPSA) is 69.6 Å². The first-order valence-electron chi connectivity index (χ1n) is 8.28. The molecule has 1 aliphatic heterocycles. The number of aryl methyl sites for hydroxylation is 1. The van der Waals surface area contributed by atoms with Crippen LogP contribution < -0.4 is 5.32 Å². The molecule has 1 heterocycles. The number of hydrogen-bond donors (Lipinski definition) is 2. The van der Waals surface area contributed by atoms with E-state index in [0.29, 0.717) is 32.5 Å². The van der Waals surface area contributed by atoms with Gasteiger partial charge in [0, 0.05) is 6.54 Å². The van der Waals surface area contributed by atoms with Crippen molar-refractivity contribution in [2.75, 3.05) is 19.6 Å². The van der Waals surface area contributed by atoms with E-state index in [4.69, 9.17) is 5.11 Å². The van der Waals surface area contributed by atoms with Crippen LogP contribution in [0.15, 0.2) is 24.3 Å². The van der Waals surface area contributed by atoms with Crippen molar-refractivity contribution in [1.29, 1.82) is 0 Å². The molecule has 0 aliphatic carbocycles. The molecule has 1 amide bonds. The zero-order chi connectivity index (χ0) is 16.8. The summed E-state index contributed by atoms with van der Waals surface area (Å²) in [7, 11) is 0. The molecular weight excluding hydrogens is 292 g/mol. The average molecular weight is 318 g/mol. The number of rotatable bonds is 6. The van der Waals surface area contributed by atoms with Crippen molar-refractivity contribution in [1.82, 2.24) is 10.2 Å². The molecule has 0 aromatic heterocycles. The molecule has 23 heavy (non-hydrogen) atoms. The molecule has 0 saturated carbocycles. The number of nitrogens with one attached hydrogen (secondary N) is 1. The zero-order valence-electron chi connectivity index (χ0n) is 13.9. The lowest BCUT2D eigenvalue weighted by Crippen LogP contribution is -2.49. The molecule has 1 aromatic rings. The van der Waals surface area contributed by atoms with Crippen LogP contribution in [0.2, 0.25) is 0 Å². The van der Waals surface area contributed by atoms with Gasteiger partial charge in [0.25, 0.3) is 0 Å². The number of piperidine rings is 1. The summed E-state index contributed by atoms with van der Waals surface area (Å²) in [6.07, 6.45) is 2.07. The van der Waals surface area contributed by atoms with Crippen molar-refractivity contribution in [2.45, 2.75) is 39.2 Å². The van der Waals surface area contributed by atoms with Crippen molar-refractivity contribution in [2.24, 2.45) is 5.92 Å². The predicted octanol–water partition coefficient (Wildman–Crippen LogP) is 1.84. The summed E-state index contributed by atoms with van der Waals surface area (Å²) < 4.78 is 0. The number of nitrogens with zero attached hydrogens (tertiary/aromatic N) is 1. The molecule has 1 unspecified atom stereocenters. The number of aliphatic carboxylic acids is 1. The van der Waals surface area contributed by atoms with Crippen LogP contribution in [0.5, 0.6) is 0 Å². The van der Waals surface area contributed by atoms with E-state index >= 15 is 0 Å². The average Bonchev–Trinajstić information content (AvgIpc) is 2.56. The fourth-order valence-electron chi connectivity index (χ4n) is 3.06. The van der Waals surface area contributed by atoms with Crippen LogP contribution in [-0.4, -0.2) is 47.6 Å². The largest absolute Gasteiger partial charge is 0.481 e. The third-order valence-electron chi connectivity index (χ3n) is 4.76. The molecule has 5 nitrogen and oxygen atoms in total. The van der Waals surface area contributed by atoms with E-state index in [9.17, 15) is 9.59 Å². The lowest BCUT2D eigenvalue weighted by Gasteiger charge is -2.33. The van der Waals surface area contributed by atoms with Gasteiger partial charge in [0.15, 0.2) is 0 Å². The summed E-state index contributed by atoms with van der Waals surface area (Å²) in [5.74, 6) is -0.963. The Hall–Kier alpha value is -1.88. The van der Waals surface area contributed by atoms with Gasteiger partial charge in [-0.15, -0.1) is 0 Å². The smallest absolute Gasteiger partial charge is 0.306 e.